The average molecular weight is 264 g/mol. The van der Waals surface area contributed by atoms with Crippen molar-refractivity contribution < 1.29 is 14.7 Å². The van der Waals surface area contributed by atoms with E-state index in [-0.39, 0.29) is 12.5 Å². The number of rotatable bonds is 7. The van der Waals surface area contributed by atoms with Crippen LogP contribution in [0, 0.1) is 0 Å². The smallest absolute Gasteiger partial charge is 0.319 e. The zero-order valence-corrected chi connectivity index (χ0v) is 11.1. The second kappa shape index (κ2) is 8.13. The highest BCUT2D eigenvalue weighted by Gasteiger charge is 2.02. The fourth-order valence-electron chi connectivity index (χ4n) is 1.56. The van der Waals surface area contributed by atoms with Crippen LogP contribution < -0.4 is 10.6 Å². The molecule has 104 valence electrons. The second-order valence-corrected chi connectivity index (χ2v) is 4.33. The van der Waals surface area contributed by atoms with Crippen LogP contribution in [0.3, 0.4) is 0 Å². The number of hydrogen-bond donors (Lipinski definition) is 3. The van der Waals surface area contributed by atoms with E-state index in [1.807, 2.05) is 12.1 Å². The Hall–Kier alpha value is -2.04. The minimum Gasteiger partial charge on any atom is -0.481 e. The predicted octanol–water partition coefficient (Wildman–Crippen LogP) is 2.63. The van der Waals surface area contributed by atoms with Crippen molar-refractivity contribution in [3.8, 4) is 0 Å². The molecule has 0 aliphatic heterocycles. The van der Waals surface area contributed by atoms with E-state index in [1.165, 1.54) is 0 Å². The summed E-state index contributed by atoms with van der Waals surface area (Å²) in [6, 6.07) is 6.98. The molecule has 0 atom stereocenters. The minimum atomic E-state index is -0.808. The number of carboxylic acids is 1. The van der Waals surface area contributed by atoms with Crippen LogP contribution in [-0.4, -0.2) is 23.7 Å². The molecule has 1 rings (SSSR count). The van der Waals surface area contributed by atoms with Crippen molar-refractivity contribution in [1.82, 2.24) is 5.32 Å². The van der Waals surface area contributed by atoms with Crippen molar-refractivity contribution in [2.45, 2.75) is 32.6 Å². The lowest BCUT2D eigenvalue weighted by molar-refractivity contribution is -0.136. The number of urea groups is 1. The van der Waals surface area contributed by atoms with E-state index in [0.717, 1.165) is 18.4 Å². The van der Waals surface area contributed by atoms with E-state index in [1.54, 1.807) is 12.1 Å². The summed E-state index contributed by atoms with van der Waals surface area (Å²) in [5, 5.41) is 14.1. The van der Waals surface area contributed by atoms with Crippen LogP contribution in [0.5, 0.6) is 0 Å². The van der Waals surface area contributed by atoms with Crippen molar-refractivity contribution in [2.75, 3.05) is 11.9 Å². The first-order chi connectivity index (χ1) is 9.11. The van der Waals surface area contributed by atoms with Crippen LogP contribution in [0.25, 0.3) is 0 Å². The lowest BCUT2D eigenvalue weighted by Gasteiger charge is -2.07. The SMILES string of the molecule is CCCCNC(=O)Nc1ccc(CCC(=O)O)cc1. The topological polar surface area (TPSA) is 78.4 Å². The van der Waals surface area contributed by atoms with Gasteiger partial charge < -0.3 is 15.7 Å². The number of aliphatic carboxylic acids is 1. The maximum atomic E-state index is 11.5. The average Bonchev–Trinajstić information content (AvgIpc) is 2.38. The molecular formula is C14H20N2O3. The van der Waals surface area contributed by atoms with Gasteiger partial charge in [0.2, 0.25) is 0 Å². The highest BCUT2D eigenvalue weighted by molar-refractivity contribution is 5.89. The molecule has 2 amide bonds. The van der Waals surface area contributed by atoms with Gasteiger partial charge in [0, 0.05) is 18.7 Å². The molecule has 0 aliphatic rings. The van der Waals surface area contributed by atoms with Gasteiger partial charge in [0.25, 0.3) is 0 Å². The predicted molar refractivity (Wildman–Crippen MR) is 74.3 cm³/mol. The Kier molecular flexibility index (Phi) is 6.43. The largest absolute Gasteiger partial charge is 0.481 e. The van der Waals surface area contributed by atoms with Gasteiger partial charge >= 0.3 is 12.0 Å². The molecule has 0 aliphatic carbocycles. The molecule has 19 heavy (non-hydrogen) atoms. The summed E-state index contributed by atoms with van der Waals surface area (Å²) in [5.41, 5.74) is 1.65. The molecule has 0 radical (unpaired) electrons. The van der Waals surface area contributed by atoms with E-state index < -0.39 is 5.97 Å². The molecular weight excluding hydrogens is 244 g/mol. The summed E-state index contributed by atoms with van der Waals surface area (Å²) in [5.74, 6) is -0.808. The fourth-order valence-corrected chi connectivity index (χ4v) is 1.56. The van der Waals surface area contributed by atoms with Gasteiger partial charge in [-0.1, -0.05) is 25.5 Å². The first-order valence-corrected chi connectivity index (χ1v) is 6.47. The zero-order valence-electron chi connectivity index (χ0n) is 11.1. The van der Waals surface area contributed by atoms with Crippen LogP contribution in [0.2, 0.25) is 0 Å². The van der Waals surface area contributed by atoms with Gasteiger partial charge in [-0.3, -0.25) is 4.79 Å². The third-order valence-corrected chi connectivity index (χ3v) is 2.66. The molecule has 0 unspecified atom stereocenters. The van der Waals surface area contributed by atoms with Crippen LogP contribution in [-0.2, 0) is 11.2 Å². The Labute approximate surface area is 113 Å². The van der Waals surface area contributed by atoms with Gasteiger partial charge in [0.05, 0.1) is 0 Å². The number of hydrogen-bond acceptors (Lipinski definition) is 2. The highest BCUT2D eigenvalue weighted by atomic mass is 16.4. The molecule has 0 heterocycles. The molecule has 3 N–H and O–H groups in total. The van der Waals surface area contributed by atoms with E-state index in [9.17, 15) is 9.59 Å². The summed E-state index contributed by atoms with van der Waals surface area (Å²) in [6.45, 7) is 2.73. The number of nitrogens with one attached hydrogen (secondary N) is 2. The summed E-state index contributed by atoms with van der Waals surface area (Å²) in [4.78, 5) is 21.9. The van der Waals surface area contributed by atoms with E-state index in [2.05, 4.69) is 17.6 Å². The van der Waals surface area contributed by atoms with E-state index in [0.29, 0.717) is 18.7 Å². The molecule has 1 aromatic carbocycles. The molecule has 0 saturated carbocycles. The molecule has 5 nitrogen and oxygen atoms in total. The number of amides is 2. The molecule has 5 heteroatoms. The van der Waals surface area contributed by atoms with Crippen molar-refractivity contribution in [3.05, 3.63) is 29.8 Å². The van der Waals surface area contributed by atoms with Crippen LogP contribution >= 0.6 is 0 Å². The summed E-state index contributed by atoms with van der Waals surface area (Å²) >= 11 is 0. The second-order valence-electron chi connectivity index (χ2n) is 4.33. The summed E-state index contributed by atoms with van der Waals surface area (Å²) < 4.78 is 0. The standard InChI is InChI=1S/C14H20N2O3/c1-2-3-10-15-14(19)16-12-7-4-11(5-8-12)6-9-13(17)18/h4-5,7-8H,2-3,6,9-10H2,1H3,(H,17,18)(H2,15,16,19). The van der Waals surface area contributed by atoms with Crippen molar-refractivity contribution in [3.63, 3.8) is 0 Å². The lowest BCUT2D eigenvalue weighted by atomic mass is 10.1. The lowest BCUT2D eigenvalue weighted by Crippen LogP contribution is -2.29. The van der Waals surface area contributed by atoms with Gasteiger partial charge in [0.15, 0.2) is 0 Å². The molecule has 0 bridgehead atoms. The van der Waals surface area contributed by atoms with Crippen molar-refractivity contribution in [2.24, 2.45) is 0 Å². The Bertz CT molecular complexity index is 415. The molecule has 1 aromatic rings. The number of carbonyl (C=O) groups excluding carboxylic acids is 1. The van der Waals surface area contributed by atoms with E-state index >= 15 is 0 Å². The maximum absolute atomic E-state index is 11.5. The van der Waals surface area contributed by atoms with Gasteiger partial charge in [-0.15, -0.1) is 0 Å². The van der Waals surface area contributed by atoms with Crippen molar-refractivity contribution >= 4 is 17.7 Å². The Morgan fingerprint density at radius 2 is 1.89 bits per heavy atom. The van der Waals surface area contributed by atoms with Crippen LogP contribution in [0.1, 0.15) is 31.7 Å². The molecule has 0 fully saturated rings. The number of carbonyl (C=O) groups is 2. The Balaban J connectivity index is 2.39. The van der Waals surface area contributed by atoms with Gasteiger partial charge in [-0.2, -0.15) is 0 Å². The first kappa shape index (κ1) is 15.0. The summed E-state index contributed by atoms with van der Waals surface area (Å²) in [7, 11) is 0. The Morgan fingerprint density at radius 1 is 1.21 bits per heavy atom. The minimum absolute atomic E-state index is 0.115. The third-order valence-electron chi connectivity index (χ3n) is 2.66. The maximum Gasteiger partial charge on any atom is 0.319 e. The van der Waals surface area contributed by atoms with Gasteiger partial charge in [-0.05, 0) is 30.5 Å². The number of benzene rings is 1. The monoisotopic (exact) mass is 264 g/mol. The van der Waals surface area contributed by atoms with Crippen LogP contribution in [0.15, 0.2) is 24.3 Å². The molecule has 0 spiro atoms. The number of aryl methyl sites for hydroxylation is 1. The fraction of sp³-hybridized carbons (Fsp3) is 0.429. The first-order valence-electron chi connectivity index (χ1n) is 6.47. The van der Waals surface area contributed by atoms with E-state index in [4.69, 9.17) is 5.11 Å². The number of anilines is 1. The molecule has 0 aromatic heterocycles. The highest BCUT2D eigenvalue weighted by Crippen LogP contribution is 2.11. The van der Waals surface area contributed by atoms with Gasteiger partial charge in [0.1, 0.15) is 0 Å². The quantitative estimate of drug-likeness (QED) is 0.662. The summed E-state index contributed by atoms with van der Waals surface area (Å²) in [6.07, 6.45) is 2.61. The number of unbranched alkanes of at least 4 members (excludes halogenated alkanes) is 1. The zero-order chi connectivity index (χ0) is 14.1. The van der Waals surface area contributed by atoms with Crippen LogP contribution in [0.4, 0.5) is 10.5 Å². The Morgan fingerprint density at radius 3 is 2.47 bits per heavy atom. The van der Waals surface area contributed by atoms with Crippen molar-refractivity contribution in [1.29, 1.82) is 0 Å². The van der Waals surface area contributed by atoms with Gasteiger partial charge in [-0.25, -0.2) is 4.79 Å². The molecule has 0 saturated heterocycles. The third kappa shape index (κ3) is 6.45. The normalized spacial score (nSPS) is 9.95. The number of carboxylic acid groups (broad SMARTS) is 1.